The Kier molecular flexibility index (Phi) is 3.84. The number of hydrogen-bond acceptors (Lipinski definition) is 3. The number of aromatic hydroxyl groups is 1. The topological polar surface area (TPSA) is 58.6 Å². The van der Waals surface area contributed by atoms with Crippen LogP contribution in [0.3, 0.4) is 0 Å². The summed E-state index contributed by atoms with van der Waals surface area (Å²) in [6.07, 6.45) is 0.715. The maximum absolute atomic E-state index is 12.1. The molecule has 0 aliphatic carbocycles. The SMILES string of the molecule is O=C(NCC1Cc2ccccc2O1)c1ccc(Br)cc1O. The molecular formula is C16H14BrNO3. The molecule has 0 saturated heterocycles. The lowest BCUT2D eigenvalue weighted by Gasteiger charge is -2.12. The fourth-order valence-electron chi connectivity index (χ4n) is 2.37. The molecule has 4 nitrogen and oxygen atoms in total. The summed E-state index contributed by atoms with van der Waals surface area (Å²) in [5.74, 6) is 0.528. The third kappa shape index (κ3) is 3.03. The van der Waals surface area contributed by atoms with Crippen LogP contribution >= 0.6 is 15.9 Å². The van der Waals surface area contributed by atoms with Crippen molar-refractivity contribution in [2.45, 2.75) is 12.5 Å². The van der Waals surface area contributed by atoms with Crippen molar-refractivity contribution in [2.75, 3.05) is 6.54 Å². The Labute approximate surface area is 130 Å². The molecule has 5 heteroatoms. The molecule has 1 aliphatic rings. The third-order valence-electron chi connectivity index (χ3n) is 3.41. The highest BCUT2D eigenvalue weighted by Gasteiger charge is 2.23. The summed E-state index contributed by atoms with van der Waals surface area (Å²) in [7, 11) is 0. The number of hydrogen-bond donors (Lipinski definition) is 2. The van der Waals surface area contributed by atoms with Gasteiger partial charge in [-0.2, -0.15) is 0 Å². The largest absolute Gasteiger partial charge is 0.507 e. The Morgan fingerprint density at radius 1 is 1.33 bits per heavy atom. The number of nitrogens with one attached hydrogen (secondary N) is 1. The summed E-state index contributed by atoms with van der Waals surface area (Å²) in [6.45, 7) is 0.406. The zero-order valence-corrected chi connectivity index (χ0v) is 12.8. The number of benzene rings is 2. The van der Waals surface area contributed by atoms with Crippen LogP contribution in [0.2, 0.25) is 0 Å². The van der Waals surface area contributed by atoms with Gasteiger partial charge in [0.2, 0.25) is 0 Å². The molecule has 1 aliphatic heterocycles. The molecular weight excluding hydrogens is 334 g/mol. The molecule has 2 aromatic carbocycles. The average molecular weight is 348 g/mol. The van der Waals surface area contributed by atoms with Crippen molar-refractivity contribution in [3.05, 3.63) is 58.1 Å². The first-order valence-corrected chi connectivity index (χ1v) is 7.44. The summed E-state index contributed by atoms with van der Waals surface area (Å²) in [6, 6.07) is 12.7. The van der Waals surface area contributed by atoms with E-state index in [2.05, 4.69) is 21.2 Å². The smallest absolute Gasteiger partial charge is 0.255 e. The van der Waals surface area contributed by atoms with Gasteiger partial charge in [-0.25, -0.2) is 0 Å². The average Bonchev–Trinajstić information content (AvgIpc) is 2.87. The van der Waals surface area contributed by atoms with Gasteiger partial charge in [-0.3, -0.25) is 4.79 Å². The van der Waals surface area contributed by atoms with Crippen molar-refractivity contribution < 1.29 is 14.6 Å². The lowest BCUT2D eigenvalue weighted by molar-refractivity contribution is 0.0931. The van der Waals surface area contributed by atoms with Crippen LogP contribution in [0, 0.1) is 0 Å². The predicted molar refractivity (Wildman–Crippen MR) is 82.7 cm³/mol. The van der Waals surface area contributed by atoms with E-state index in [1.54, 1.807) is 12.1 Å². The van der Waals surface area contributed by atoms with E-state index in [0.29, 0.717) is 6.54 Å². The van der Waals surface area contributed by atoms with Crippen molar-refractivity contribution in [2.24, 2.45) is 0 Å². The van der Waals surface area contributed by atoms with Crippen molar-refractivity contribution in [3.8, 4) is 11.5 Å². The minimum absolute atomic E-state index is 0.0440. The molecule has 0 fully saturated rings. The molecule has 108 valence electrons. The van der Waals surface area contributed by atoms with Gasteiger partial charge in [-0.05, 0) is 29.8 Å². The first kappa shape index (κ1) is 13.9. The van der Waals surface area contributed by atoms with E-state index in [9.17, 15) is 9.90 Å². The summed E-state index contributed by atoms with van der Waals surface area (Å²) >= 11 is 3.24. The Morgan fingerprint density at radius 3 is 2.90 bits per heavy atom. The molecule has 1 unspecified atom stereocenters. The second-order valence-corrected chi connectivity index (χ2v) is 5.84. The number of ether oxygens (including phenoxy) is 1. The van der Waals surface area contributed by atoms with E-state index < -0.39 is 0 Å². The van der Waals surface area contributed by atoms with E-state index in [1.807, 2.05) is 24.3 Å². The van der Waals surface area contributed by atoms with Crippen LogP contribution in [0.15, 0.2) is 46.9 Å². The fourth-order valence-corrected chi connectivity index (χ4v) is 2.72. The van der Waals surface area contributed by atoms with Gasteiger partial charge in [0.05, 0.1) is 12.1 Å². The van der Waals surface area contributed by atoms with Gasteiger partial charge in [0.15, 0.2) is 0 Å². The normalized spacial score (nSPS) is 16.1. The van der Waals surface area contributed by atoms with E-state index in [0.717, 1.165) is 22.2 Å². The third-order valence-corrected chi connectivity index (χ3v) is 3.90. The molecule has 21 heavy (non-hydrogen) atoms. The quantitative estimate of drug-likeness (QED) is 0.897. The van der Waals surface area contributed by atoms with E-state index in [4.69, 9.17) is 4.74 Å². The Bertz CT molecular complexity index is 662. The van der Waals surface area contributed by atoms with E-state index in [1.165, 1.54) is 6.07 Å². The van der Waals surface area contributed by atoms with Crippen LogP contribution in [0.25, 0.3) is 0 Å². The number of phenols is 1. The zero-order chi connectivity index (χ0) is 14.8. The fraction of sp³-hybridized carbons (Fsp3) is 0.188. The maximum Gasteiger partial charge on any atom is 0.255 e. The monoisotopic (exact) mass is 347 g/mol. The highest BCUT2D eigenvalue weighted by atomic mass is 79.9. The maximum atomic E-state index is 12.1. The Balaban J connectivity index is 1.60. The molecule has 0 saturated carbocycles. The Hall–Kier alpha value is -2.01. The van der Waals surface area contributed by atoms with Gasteiger partial charge in [0, 0.05) is 10.9 Å². The van der Waals surface area contributed by atoms with Crippen LogP contribution in [0.5, 0.6) is 11.5 Å². The van der Waals surface area contributed by atoms with E-state index in [-0.39, 0.29) is 23.3 Å². The molecule has 0 spiro atoms. The summed E-state index contributed by atoms with van der Waals surface area (Å²) in [4.78, 5) is 12.1. The molecule has 0 bridgehead atoms. The van der Waals surface area contributed by atoms with Crippen LogP contribution in [-0.2, 0) is 6.42 Å². The predicted octanol–water partition coefficient (Wildman–Crippen LogP) is 2.89. The van der Waals surface area contributed by atoms with Crippen molar-refractivity contribution in [1.29, 1.82) is 0 Å². The molecule has 1 atom stereocenters. The molecule has 2 aromatic rings. The van der Waals surface area contributed by atoms with E-state index >= 15 is 0 Å². The molecule has 3 rings (SSSR count). The van der Waals surface area contributed by atoms with Gasteiger partial charge >= 0.3 is 0 Å². The lowest BCUT2D eigenvalue weighted by atomic mass is 10.1. The number of carbonyl (C=O) groups is 1. The first-order valence-electron chi connectivity index (χ1n) is 6.65. The van der Waals surface area contributed by atoms with Crippen LogP contribution < -0.4 is 10.1 Å². The number of halogens is 1. The van der Waals surface area contributed by atoms with Crippen LogP contribution in [-0.4, -0.2) is 23.7 Å². The van der Waals surface area contributed by atoms with Gasteiger partial charge < -0.3 is 15.2 Å². The first-order chi connectivity index (χ1) is 10.1. The number of para-hydroxylation sites is 1. The summed E-state index contributed by atoms with van der Waals surface area (Å²) in [5.41, 5.74) is 1.41. The highest BCUT2D eigenvalue weighted by Crippen LogP contribution is 2.28. The minimum Gasteiger partial charge on any atom is -0.507 e. The van der Waals surface area contributed by atoms with Crippen LogP contribution in [0.1, 0.15) is 15.9 Å². The number of carbonyl (C=O) groups excluding carboxylic acids is 1. The second kappa shape index (κ2) is 5.77. The lowest BCUT2D eigenvalue weighted by Crippen LogP contribution is -2.34. The van der Waals surface area contributed by atoms with Gasteiger partial charge in [-0.1, -0.05) is 34.1 Å². The molecule has 1 heterocycles. The number of amides is 1. The number of phenolic OH excluding ortho intramolecular Hbond substituents is 1. The molecule has 0 aromatic heterocycles. The number of fused-ring (bicyclic) bond motifs is 1. The highest BCUT2D eigenvalue weighted by molar-refractivity contribution is 9.10. The van der Waals surface area contributed by atoms with Crippen LogP contribution in [0.4, 0.5) is 0 Å². The van der Waals surface area contributed by atoms with Gasteiger partial charge in [0.1, 0.15) is 17.6 Å². The van der Waals surface area contributed by atoms with Crippen molar-refractivity contribution in [1.82, 2.24) is 5.32 Å². The standard InChI is InChI=1S/C16H14BrNO3/c17-11-5-6-13(14(19)8-11)16(20)18-9-12-7-10-3-1-2-4-15(10)21-12/h1-6,8,12,19H,7,9H2,(H,18,20). The van der Waals surface area contributed by atoms with Gasteiger partial charge in [-0.15, -0.1) is 0 Å². The summed E-state index contributed by atoms with van der Waals surface area (Å²) < 4.78 is 6.49. The summed E-state index contributed by atoms with van der Waals surface area (Å²) in [5, 5.41) is 12.6. The molecule has 2 N–H and O–H groups in total. The Morgan fingerprint density at radius 2 is 2.14 bits per heavy atom. The zero-order valence-electron chi connectivity index (χ0n) is 11.2. The second-order valence-electron chi connectivity index (χ2n) is 4.92. The van der Waals surface area contributed by atoms with Gasteiger partial charge in [0.25, 0.3) is 5.91 Å². The molecule has 1 amide bonds. The minimum atomic E-state index is -0.306. The number of rotatable bonds is 3. The molecule has 0 radical (unpaired) electrons. The van der Waals surface area contributed by atoms with Crippen molar-refractivity contribution in [3.63, 3.8) is 0 Å². The van der Waals surface area contributed by atoms with Crippen molar-refractivity contribution >= 4 is 21.8 Å².